The van der Waals surface area contributed by atoms with Gasteiger partial charge in [0.2, 0.25) is 0 Å². The van der Waals surface area contributed by atoms with Gasteiger partial charge in [0, 0.05) is 17.8 Å². The largest absolute Gasteiger partial charge is 0.494 e. The number of nitrogens with zero attached hydrogens (tertiary/aromatic N) is 4. The zero-order valence-electron chi connectivity index (χ0n) is 12.8. The van der Waals surface area contributed by atoms with Crippen LogP contribution in [0.4, 0.5) is 10.1 Å². The molecule has 0 saturated heterocycles. The van der Waals surface area contributed by atoms with E-state index in [-0.39, 0.29) is 5.82 Å². The van der Waals surface area contributed by atoms with Gasteiger partial charge in [0.15, 0.2) is 5.82 Å². The second kappa shape index (κ2) is 6.43. The van der Waals surface area contributed by atoms with E-state index in [0.29, 0.717) is 29.4 Å². The Morgan fingerprint density at radius 3 is 2.74 bits per heavy atom. The number of tetrazole rings is 1. The summed E-state index contributed by atoms with van der Waals surface area (Å²) in [7, 11) is 1.59. The molecule has 1 heterocycles. The summed E-state index contributed by atoms with van der Waals surface area (Å²) in [6.07, 6.45) is 0. The number of benzene rings is 2. The third kappa shape index (κ3) is 3.13. The Bertz CT molecular complexity index is 818. The van der Waals surface area contributed by atoms with Crippen molar-refractivity contribution in [3.8, 4) is 11.4 Å². The first kappa shape index (κ1) is 15.0. The van der Waals surface area contributed by atoms with E-state index in [1.807, 2.05) is 24.3 Å². The lowest BCUT2D eigenvalue weighted by atomic mass is 10.2. The number of hydrogen-bond acceptors (Lipinski definition) is 5. The van der Waals surface area contributed by atoms with Crippen LogP contribution >= 0.6 is 0 Å². The van der Waals surface area contributed by atoms with E-state index >= 15 is 0 Å². The molecule has 0 bridgehead atoms. The summed E-state index contributed by atoms with van der Waals surface area (Å²) in [5.41, 5.74) is 2.14. The van der Waals surface area contributed by atoms with Crippen molar-refractivity contribution in [2.75, 3.05) is 12.4 Å². The minimum atomic E-state index is -0.231. The number of rotatable bonds is 5. The Balaban J connectivity index is 1.87. The van der Waals surface area contributed by atoms with Crippen LogP contribution in [-0.2, 0) is 6.54 Å². The van der Waals surface area contributed by atoms with Gasteiger partial charge in [-0.2, -0.15) is 4.68 Å². The fourth-order valence-corrected chi connectivity index (χ4v) is 2.26. The molecule has 1 N–H and O–H groups in total. The summed E-state index contributed by atoms with van der Waals surface area (Å²) in [6.45, 7) is 2.19. The van der Waals surface area contributed by atoms with Crippen LogP contribution in [0.25, 0.3) is 5.69 Å². The Morgan fingerprint density at radius 1 is 1.22 bits per heavy atom. The van der Waals surface area contributed by atoms with E-state index in [4.69, 9.17) is 4.74 Å². The minimum Gasteiger partial charge on any atom is -0.494 e. The molecule has 118 valence electrons. The van der Waals surface area contributed by atoms with Crippen molar-refractivity contribution in [3.63, 3.8) is 0 Å². The van der Waals surface area contributed by atoms with Crippen molar-refractivity contribution in [1.29, 1.82) is 0 Å². The SMILES string of the molecule is COc1ccc(NCc2ccccc2F)cc1-n1nnnc1C. The van der Waals surface area contributed by atoms with Gasteiger partial charge in [-0.1, -0.05) is 18.2 Å². The molecule has 0 amide bonds. The fourth-order valence-electron chi connectivity index (χ4n) is 2.26. The van der Waals surface area contributed by atoms with Gasteiger partial charge in [0.1, 0.15) is 17.3 Å². The van der Waals surface area contributed by atoms with E-state index in [1.165, 1.54) is 6.07 Å². The summed E-state index contributed by atoms with van der Waals surface area (Å²) in [4.78, 5) is 0. The second-order valence-electron chi connectivity index (χ2n) is 4.97. The van der Waals surface area contributed by atoms with Crippen LogP contribution in [0.15, 0.2) is 42.5 Å². The lowest BCUT2D eigenvalue weighted by Crippen LogP contribution is -2.05. The summed E-state index contributed by atoms with van der Waals surface area (Å²) in [5.74, 6) is 1.07. The highest BCUT2D eigenvalue weighted by Gasteiger charge is 2.11. The maximum atomic E-state index is 13.7. The summed E-state index contributed by atoms with van der Waals surface area (Å²) in [6, 6.07) is 12.2. The molecule has 0 aliphatic carbocycles. The van der Waals surface area contributed by atoms with Crippen LogP contribution in [-0.4, -0.2) is 27.3 Å². The predicted octanol–water partition coefficient (Wildman–Crippen LogP) is 2.73. The third-order valence-corrected chi connectivity index (χ3v) is 3.47. The normalized spacial score (nSPS) is 10.6. The van der Waals surface area contributed by atoms with E-state index in [2.05, 4.69) is 20.8 Å². The maximum Gasteiger partial charge on any atom is 0.153 e. The van der Waals surface area contributed by atoms with Crippen molar-refractivity contribution < 1.29 is 9.13 Å². The molecule has 0 unspecified atom stereocenters. The monoisotopic (exact) mass is 313 g/mol. The molecule has 0 atom stereocenters. The van der Waals surface area contributed by atoms with Crippen LogP contribution in [0.3, 0.4) is 0 Å². The van der Waals surface area contributed by atoms with Gasteiger partial charge < -0.3 is 10.1 Å². The lowest BCUT2D eigenvalue weighted by Gasteiger charge is -2.12. The number of halogens is 1. The number of nitrogens with one attached hydrogen (secondary N) is 1. The first-order valence-corrected chi connectivity index (χ1v) is 7.09. The summed E-state index contributed by atoms with van der Waals surface area (Å²) in [5, 5.41) is 14.7. The smallest absolute Gasteiger partial charge is 0.153 e. The fraction of sp³-hybridized carbons (Fsp3) is 0.188. The molecule has 3 aromatic rings. The van der Waals surface area contributed by atoms with Gasteiger partial charge in [0.05, 0.1) is 7.11 Å². The van der Waals surface area contributed by atoms with Gasteiger partial charge in [-0.3, -0.25) is 0 Å². The first-order valence-electron chi connectivity index (χ1n) is 7.09. The van der Waals surface area contributed by atoms with E-state index < -0.39 is 0 Å². The van der Waals surface area contributed by atoms with Crippen molar-refractivity contribution in [2.45, 2.75) is 13.5 Å². The number of anilines is 1. The molecule has 0 aliphatic heterocycles. The van der Waals surface area contributed by atoms with Crippen LogP contribution in [0.5, 0.6) is 5.75 Å². The van der Waals surface area contributed by atoms with Crippen molar-refractivity contribution >= 4 is 5.69 Å². The molecule has 0 radical (unpaired) electrons. The quantitative estimate of drug-likeness (QED) is 0.784. The van der Waals surface area contributed by atoms with Crippen LogP contribution in [0.1, 0.15) is 11.4 Å². The first-order chi connectivity index (χ1) is 11.2. The number of ether oxygens (including phenoxy) is 1. The number of hydrogen-bond donors (Lipinski definition) is 1. The van der Waals surface area contributed by atoms with Gasteiger partial charge in [0.25, 0.3) is 0 Å². The standard InChI is InChI=1S/C16H16FN5O/c1-11-19-20-21-22(11)15-9-13(7-8-16(15)23-2)18-10-12-5-3-4-6-14(12)17/h3-9,18H,10H2,1-2H3. The maximum absolute atomic E-state index is 13.7. The highest BCUT2D eigenvalue weighted by atomic mass is 19.1. The molecular weight excluding hydrogens is 297 g/mol. The van der Waals surface area contributed by atoms with Gasteiger partial charge in [-0.25, -0.2) is 4.39 Å². The zero-order valence-corrected chi connectivity index (χ0v) is 12.8. The number of aryl methyl sites for hydroxylation is 1. The molecule has 0 saturated carbocycles. The number of aromatic nitrogens is 4. The molecule has 1 aromatic heterocycles. The van der Waals surface area contributed by atoms with Crippen LogP contribution in [0, 0.1) is 12.7 Å². The highest BCUT2D eigenvalue weighted by Crippen LogP contribution is 2.26. The number of methoxy groups -OCH3 is 1. The molecule has 23 heavy (non-hydrogen) atoms. The minimum absolute atomic E-state index is 0.231. The Hall–Kier alpha value is -2.96. The van der Waals surface area contributed by atoms with Gasteiger partial charge in [-0.15, -0.1) is 5.10 Å². The molecule has 3 rings (SSSR count). The molecule has 0 fully saturated rings. The average Bonchev–Trinajstić information content (AvgIpc) is 3.00. The topological polar surface area (TPSA) is 64.9 Å². The van der Waals surface area contributed by atoms with Crippen molar-refractivity contribution in [2.24, 2.45) is 0 Å². The molecule has 0 spiro atoms. The predicted molar refractivity (Wildman–Crippen MR) is 84.2 cm³/mol. The van der Waals surface area contributed by atoms with E-state index in [0.717, 1.165) is 5.69 Å². The molecule has 2 aromatic carbocycles. The molecule has 6 nitrogen and oxygen atoms in total. The second-order valence-corrected chi connectivity index (χ2v) is 4.97. The summed E-state index contributed by atoms with van der Waals surface area (Å²) >= 11 is 0. The summed E-state index contributed by atoms with van der Waals surface area (Å²) < 4.78 is 20.6. The highest BCUT2D eigenvalue weighted by molar-refractivity contribution is 5.58. The lowest BCUT2D eigenvalue weighted by molar-refractivity contribution is 0.411. The van der Waals surface area contributed by atoms with Crippen LogP contribution in [0.2, 0.25) is 0 Å². The molecule has 7 heteroatoms. The third-order valence-electron chi connectivity index (χ3n) is 3.47. The van der Waals surface area contributed by atoms with Gasteiger partial charge >= 0.3 is 0 Å². The Labute approximate surface area is 132 Å². The molecular formula is C16H16FN5O. The van der Waals surface area contributed by atoms with Crippen molar-refractivity contribution in [1.82, 2.24) is 20.2 Å². The Morgan fingerprint density at radius 2 is 2.04 bits per heavy atom. The zero-order chi connectivity index (χ0) is 16.2. The van der Waals surface area contributed by atoms with Crippen molar-refractivity contribution in [3.05, 3.63) is 59.7 Å². The molecule has 0 aliphatic rings. The van der Waals surface area contributed by atoms with Gasteiger partial charge in [-0.05, 0) is 41.6 Å². The Kier molecular flexibility index (Phi) is 4.18. The van der Waals surface area contributed by atoms with E-state index in [1.54, 1.807) is 30.8 Å². The van der Waals surface area contributed by atoms with Crippen LogP contribution < -0.4 is 10.1 Å². The van der Waals surface area contributed by atoms with E-state index in [9.17, 15) is 4.39 Å². The average molecular weight is 313 g/mol.